The van der Waals surface area contributed by atoms with Gasteiger partial charge < -0.3 is 14.3 Å². The highest BCUT2D eigenvalue weighted by molar-refractivity contribution is 7.92. The Morgan fingerprint density at radius 2 is 1.85 bits per heavy atom. The number of aromatic nitrogens is 1. The summed E-state index contributed by atoms with van der Waals surface area (Å²) in [5.74, 6) is 0.549. The van der Waals surface area contributed by atoms with Crippen LogP contribution in [-0.2, 0) is 10.0 Å². The third-order valence-corrected chi connectivity index (χ3v) is 5.76. The fraction of sp³-hybridized carbons (Fsp3) is 0.412. The fourth-order valence-electron chi connectivity index (χ4n) is 2.84. The third-order valence-electron chi connectivity index (χ3n) is 4.39. The van der Waals surface area contributed by atoms with Gasteiger partial charge in [0.2, 0.25) is 0 Å². The number of piperazine rings is 1. The predicted octanol–water partition coefficient (Wildman–Crippen LogP) is 1.56. The molecule has 0 spiro atoms. The van der Waals surface area contributed by atoms with Crippen LogP contribution in [0, 0.1) is 6.92 Å². The molecule has 0 atom stereocenters. The van der Waals surface area contributed by atoms with Crippen molar-refractivity contribution in [3.8, 4) is 0 Å². The van der Waals surface area contributed by atoms with Crippen molar-refractivity contribution in [2.75, 3.05) is 37.4 Å². The number of sulfonamides is 1. The van der Waals surface area contributed by atoms with E-state index in [1.807, 2.05) is 0 Å². The van der Waals surface area contributed by atoms with Crippen LogP contribution in [0.15, 0.2) is 39.8 Å². The van der Waals surface area contributed by atoms with Crippen molar-refractivity contribution in [1.82, 2.24) is 15.0 Å². The van der Waals surface area contributed by atoms with Crippen LogP contribution < -0.4 is 4.72 Å². The van der Waals surface area contributed by atoms with E-state index in [-0.39, 0.29) is 16.6 Å². The van der Waals surface area contributed by atoms with Crippen LogP contribution in [0.1, 0.15) is 23.0 Å². The lowest BCUT2D eigenvalue weighted by molar-refractivity contribution is 0.0643. The SMILES string of the molecule is CCN1CCN(C(=O)c2ccc(S(=O)(=O)Nc3cc(C)on3)cc2)CC1. The zero-order valence-corrected chi connectivity index (χ0v) is 15.6. The molecule has 0 radical (unpaired) electrons. The zero-order chi connectivity index (χ0) is 18.7. The number of nitrogens with zero attached hydrogens (tertiary/aromatic N) is 3. The number of amides is 1. The van der Waals surface area contributed by atoms with Gasteiger partial charge in [-0.25, -0.2) is 8.42 Å². The first-order valence-electron chi connectivity index (χ1n) is 8.47. The van der Waals surface area contributed by atoms with Crippen molar-refractivity contribution in [1.29, 1.82) is 0 Å². The van der Waals surface area contributed by atoms with Crippen molar-refractivity contribution >= 4 is 21.7 Å². The Balaban J connectivity index is 1.69. The Hall–Kier alpha value is -2.39. The number of benzene rings is 1. The van der Waals surface area contributed by atoms with E-state index in [1.165, 1.54) is 30.3 Å². The van der Waals surface area contributed by atoms with Gasteiger partial charge in [0.25, 0.3) is 15.9 Å². The van der Waals surface area contributed by atoms with Gasteiger partial charge in [-0.1, -0.05) is 12.1 Å². The summed E-state index contributed by atoms with van der Waals surface area (Å²) in [6.07, 6.45) is 0. The van der Waals surface area contributed by atoms with Crippen molar-refractivity contribution in [2.24, 2.45) is 0 Å². The predicted molar refractivity (Wildman–Crippen MR) is 96.5 cm³/mol. The number of aryl methyl sites for hydroxylation is 1. The highest BCUT2D eigenvalue weighted by Gasteiger charge is 2.22. The van der Waals surface area contributed by atoms with Gasteiger partial charge in [0.05, 0.1) is 4.90 Å². The minimum Gasteiger partial charge on any atom is -0.360 e. The van der Waals surface area contributed by atoms with Gasteiger partial charge in [0.1, 0.15) is 5.76 Å². The van der Waals surface area contributed by atoms with Crippen LogP contribution in [0.3, 0.4) is 0 Å². The quantitative estimate of drug-likeness (QED) is 0.848. The number of likely N-dealkylation sites (N-methyl/N-ethyl adjacent to an activating group) is 1. The van der Waals surface area contributed by atoms with Crippen LogP contribution >= 0.6 is 0 Å². The lowest BCUT2D eigenvalue weighted by Gasteiger charge is -2.34. The first kappa shape index (κ1) is 18.4. The number of nitrogens with one attached hydrogen (secondary N) is 1. The van der Waals surface area contributed by atoms with Gasteiger partial charge in [0, 0.05) is 37.8 Å². The van der Waals surface area contributed by atoms with Crippen LogP contribution in [0.5, 0.6) is 0 Å². The van der Waals surface area contributed by atoms with Gasteiger partial charge in [-0.15, -0.1) is 0 Å². The maximum Gasteiger partial charge on any atom is 0.263 e. The number of anilines is 1. The first-order chi connectivity index (χ1) is 12.4. The van der Waals surface area contributed by atoms with Crippen molar-refractivity contribution in [3.63, 3.8) is 0 Å². The minimum atomic E-state index is -3.78. The molecule has 2 aromatic rings. The highest BCUT2D eigenvalue weighted by atomic mass is 32.2. The molecule has 1 N–H and O–H groups in total. The molecule has 3 rings (SSSR count). The number of carbonyl (C=O) groups is 1. The average molecular weight is 378 g/mol. The molecular weight excluding hydrogens is 356 g/mol. The Morgan fingerprint density at radius 3 is 2.38 bits per heavy atom. The Morgan fingerprint density at radius 1 is 1.19 bits per heavy atom. The molecule has 0 saturated carbocycles. The molecule has 1 amide bonds. The lowest BCUT2D eigenvalue weighted by atomic mass is 10.2. The molecule has 0 bridgehead atoms. The van der Waals surface area contributed by atoms with Crippen molar-refractivity contribution < 1.29 is 17.7 Å². The summed E-state index contributed by atoms with van der Waals surface area (Å²) >= 11 is 0. The maximum absolute atomic E-state index is 12.6. The van der Waals surface area contributed by atoms with E-state index in [9.17, 15) is 13.2 Å². The van der Waals surface area contributed by atoms with Gasteiger partial charge in [0.15, 0.2) is 5.82 Å². The monoisotopic (exact) mass is 378 g/mol. The molecule has 1 aromatic carbocycles. The summed E-state index contributed by atoms with van der Waals surface area (Å²) in [7, 11) is -3.78. The summed E-state index contributed by atoms with van der Waals surface area (Å²) in [6.45, 7) is 7.83. The van der Waals surface area contributed by atoms with Crippen LogP contribution in [-0.4, -0.2) is 62.0 Å². The highest BCUT2D eigenvalue weighted by Crippen LogP contribution is 2.17. The second kappa shape index (κ2) is 7.46. The van der Waals surface area contributed by atoms with E-state index >= 15 is 0 Å². The fourth-order valence-corrected chi connectivity index (χ4v) is 3.82. The van der Waals surface area contributed by atoms with Crippen LogP contribution in [0.4, 0.5) is 5.82 Å². The minimum absolute atomic E-state index is 0.0607. The molecule has 9 heteroatoms. The van der Waals surface area contributed by atoms with Gasteiger partial charge in [-0.05, 0) is 37.7 Å². The average Bonchev–Trinajstić information content (AvgIpc) is 3.05. The first-order valence-corrected chi connectivity index (χ1v) is 9.95. The molecule has 8 nitrogen and oxygen atoms in total. The topological polar surface area (TPSA) is 95.8 Å². The normalized spacial score (nSPS) is 15.8. The van der Waals surface area contributed by atoms with Gasteiger partial charge >= 0.3 is 0 Å². The Labute approximate surface area is 152 Å². The van der Waals surface area contributed by atoms with Crippen molar-refractivity contribution in [2.45, 2.75) is 18.7 Å². The van der Waals surface area contributed by atoms with E-state index in [4.69, 9.17) is 4.52 Å². The van der Waals surface area contributed by atoms with Gasteiger partial charge in [-0.2, -0.15) is 0 Å². The molecule has 2 heterocycles. The standard InChI is InChI=1S/C17H22N4O4S/c1-3-20-8-10-21(11-9-20)17(22)14-4-6-15(7-5-14)26(23,24)19-16-12-13(2)25-18-16/h4-7,12H,3,8-11H2,1-2H3,(H,18,19). The zero-order valence-electron chi connectivity index (χ0n) is 14.8. The lowest BCUT2D eigenvalue weighted by Crippen LogP contribution is -2.48. The van der Waals surface area contributed by atoms with Crippen LogP contribution in [0.25, 0.3) is 0 Å². The van der Waals surface area contributed by atoms with E-state index in [2.05, 4.69) is 21.7 Å². The maximum atomic E-state index is 12.6. The Bertz CT molecular complexity index is 868. The molecular formula is C17H22N4O4S. The van der Waals surface area contributed by atoms with E-state index in [1.54, 1.807) is 11.8 Å². The molecule has 140 valence electrons. The summed E-state index contributed by atoms with van der Waals surface area (Å²) in [5.41, 5.74) is 0.478. The van der Waals surface area contributed by atoms with Crippen molar-refractivity contribution in [3.05, 3.63) is 41.7 Å². The molecule has 26 heavy (non-hydrogen) atoms. The number of rotatable bonds is 5. The second-order valence-corrected chi connectivity index (χ2v) is 7.86. The third kappa shape index (κ3) is 4.05. The second-order valence-electron chi connectivity index (χ2n) is 6.18. The molecule has 1 fully saturated rings. The summed E-state index contributed by atoms with van der Waals surface area (Å²) in [6, 6.07) is 7.41. The van der Waals surface area contributed by atoms with Gasteiger partial charge in [-0.3, -0.25) is 9.52 Å². The summed E-state index contributed by atoms with van der Waals surface area (Å²) in [4.78, 5) is 16.7. The van der Waals surface area contributed by atoms with E-state index in [0.29, 0.717) is 24.4 Å². The summed E-state index contributed by atoms with van der Waals surface area (Å²) in [5, 5.41) is 3.62. The largest absolute Gasteiger partial charge is 0.360 e. The molecule has 1 aliphatic rings. The molecule has 0 unspecified atom stereocenters. The number of hydrogen-bond donors (Lipinski definition) is 1. The summed E-state index contributed by atoms with van der Waals surface area (Å²) < 4.78 is 31.9. The van der Waals surface area contributed by atoms with Crippen LogP contribution in [0.2, 0.25) is 0 Å². The Kier molecular flexibility index (Phi) is 5.28. The molecule has 1 aliphatic heterocycles. The van der Waals surface area contributed by atoms with E-state index in [0.717, 1.165) is 19.6 Å². The van der Waals surface area contributed by atoms with E-state index < -0.39 is 10.0 Å². The molecule has 1 aromatic heterocycles. The molecule has 0 aliphatic carbocycles. The molecule has 1 saturated heterocycles. The number of carbonyl (C=O) groups excluding carboxylic acids is 1. The number of hydrogen-bond acceptors (Lipinski definition) is 6. The smallest absolute Gasteiger partial charge is 0.263 e.